The number of hydrogen-bond acceptors (Lipinski definition) is 2. The topological polar surface area (TPSA) is 38.3 Å². The van der Waals surface area contributed by atoms with Gasteiger partial charge >= 0.3 is 0 Å². The fourth-order valence-electron chi connectivity index (χ4n) is 3.02. The van der Waals surface area contributed by atoms with E-state index in [1.54, 1.807) is 7.11 Å². The summed E-state index contributed by atoms with van der Waals surface area (Å²) < 4.78 is 5.45. The molecule has 0 aromatic heterocycles. The molecule has 1 N–H and O–H groups in total. The van der Waals surface area contributed by atoms with Gasteiger partial charge in [0.05, 0.1) is 18.7 Å². The standard InChI is InChI=1S/C22H23NO2/c1-4-20(16-11-9-15(2)10-12-16)23-22(24)19-13-17-7-5-6-8-18(17)14-21(19)25-3/h5-14,20H,4H2,1-3H3,(H,23,24)/t20-/m1/s1. The van der Waals surface area contributed by atoms with E-state index in [0.29, 0.717) is 11.3 Å². The molecule has 3 aromatic rings. The Labute approximate surface area is 148 Å². The van der Waals surface area contributed by atoms with Crippen molar-refractivity contribution >= 4 is 16.7 Å². The summed E-state index contributed by atoms with van der Waals surface area (Å²) in [7, 11) is 1.60. The molecular formula is C22H23NO2. The zero-order chi connectivity index (χ0) is 17.8. The first-order chi connectivity index (χ1) is 12.1. The molecule has 0 aliphatic rings. The molecule has 0 saturated heterocycles. The average Bonchev–Trinajstić information content (AvgIpc) is 2.65. The van der Waals surface area contributed by atoms with Gasteiger partial charge in [0.15, 0.2) is 0 Å². The van der Waals surface area contributed by atoms with Crippen LogP contribution in [-0.4, -0.2) is 13.0 Å². The maximum absolute atomic E-state index is 12.9. The Morgan fingerprint density at radius 1 is 1.04 bits per heavy atom. The van der Waals surface area contributed by atoms with E-state index in [1.807, 2.05) is 36.4 Å². The van der Waals surface area contributed by atoms with Crippen LogP contribution in [0.2, 0.25) is 0 Å². The molecule has 1 atom stereocenters. The van der Waals surface area contributed by atoms with Crippen LogP contribution in [0, 0.1) is 6.92 Å². The molecule has 0 unspecified atom stereocenters. The van der Waals surface area contributed by atoms with Gasteiger partial charge in [0.25, 0.3) is 5.91 Å². The van der Waals surface area contributed by atoms with E-state index in [-0.39, 0.29) is 11.9 Å². The van der Waals surface area contributed by atoms with Crippen LogP contribution in [0.5, 0.6) is 5.75 Å². The van der Waals surface area contributed by atoms with Crippen molar-refractivity contribution in [3.8, 4) is 5.75 Å². The zero-order valence-electron chi connectivity index (χ0n) is 14.9. The number of amides is 1. The average molecular weight is 333 g/mol. The molecule has 3 rings (SSSR count). The molecule has 0 radical (unpaired) electrons. The molecule has 25 heavy (non-hydrogen) atoms. The Morgan fingerprint density at radius 3 is 2.28 bits per heavy atom. The minimum atomic E-state index is -0.116. The lowest BCUT2D eigenvalue weighted by molar-refractivity contribution is 0.0932. The summed E-state index contributed by atoms with van der Waals surface area (Å²) >= 11 is 0. The molecule has 3 aromatic carbocycles. The van der Waals surface area contributed by atoms with E-state index in [1.165, 1.54) is 5.56 Å². The molecule has 0 heterocycles. The van der Waals surface area contributed by atoms with E-state index in [0.717, 1.165) is 22.8 Å². The zero-order valence-corrected chi connectivity index (χ0v) is 14.9. The van der Waals surface area contributed by atoms with Crippen molar-refractivity contribution in [1.29, 1.82) is 0 Å². The maximum atomic E-state index is 12.9. The summed E-state index contributed by atoms with van der Waals surface area (Å²) in [5, 5.41) is 5.22. The smallest absolute Gasteiger partial charge is 0.255 e. The highest BCUT2D eigenvalue weighted by atomic mass is 16.5. The highest BCUT2D eigenvalue weighted by molar-refractivity contribution is 6.01. The molecule has 3 heteroatoms. The van der Waals surface area contributed by atoms with Crippen molar-refractivity contribution in [3.63, 3.8) is 0 Å². The van der Waals surface area contributed by atoms with E-state index in [9.17, 15) is 4.79 Å². The number of methoxy groups -OCH3 is 1. The first kappa shape index (κ1) is 17.0. The number of benzene rings is 3. The van der Waals surface area contributed by atoms with Crippen LogP contribution in [0.1, 0.15) is 40.9 Å². The lowest BCUT2D eigenvalue weighted by Crippen LogP contribution is -2.28. The quantitative estimate of drug-likeness (QED) is 0.710. The summed E-state index contributed by atoms with van der Waals surface area (Å²) in [5.41, 5.74) is 2.88. The summed E-state index contributed by atoms with van der Waals surface area (Å²) in [4.78, 5) is 12.9. The van der Waals surface area contributed by atoms with Crippen LogP contribution < -0.4 is 10.1 Å². The molecule has 0 fully saturated rings. The van der Waals surface area contributed by atoms with Gasteiger partial charge in [-0.25, -0.2) is 0 Å². The molecule has 0 aliphatic heterocycles. The molecule has 1 amide bonds. The van der Waals surface area contributed by atoms with Gasteiger partial charge in [-0.2, -0.15) is 0 Å². The van der Waals surface area contributed by atoms with Crippen LogP contribution in [0.3, 0.4) is 0 Å². The Bertz CT molecular complexity index is 884. The number of nitrogens with one attached hydrogen (secondary N) is 1. The Kier molecular flexibility index (Phi) is 5.03. The molecule has 128 valence electrons. The molecule has 0 bridgehead atoms. The SMILES string of the molecule is CC[C@@H](NC(=O)c1cc2ccccc2cc1OC)c1ccc(C)cc1. The predicted molar refractivity (Wildman–Crippen MR) is 102 cm³/mol. The second-order valence-electron chi connectivity index (χ2n) is 6.24. The number of fused-ring (bicyclic) bond motifs is 1. The monoisotopic (exact) mass is 333 g/mol. The van der Waals surface area contributed by atoms with Gasteiger partial charge < -0.3 is 10.1 Å². The largest absolute Gasteiger partial charge is 0.496 e. The van der Waals surface area contributed by atoms with Gasteiger partial charge in [-0.05, 0) is 41.8 Å². The van der Waals surface area contributed by atoms with E-state index in [2.05, 4.69) is 43.4 Å². The summed E-state index contributed by atoms with van der Waals surface area (Å²) in [6, 6.07) is 20.0. The Balaban J connectivity index is 1.91. The molecule has 0 aliphatic carbocycles. The maximum Gasteiger partial charge on any atom is 0.255 e. The first-order valence-corrected chi connectivity index (χ1v) is 8.56. The van der Waals surface area contributed by atoms with Crippen LogP contribution in [0.15, 0.2) is 60.7 Å². The first-order valence-electron chi connectivity index (χ1n) is 8.56. The third-order valence-corrected chi connectivity index (χ3v) is 4.51. The summed E-state index contributed by atoms with van der Waals surface area (Å²) in [5.74, 6) is 0.477. The fraction of sp³-hybridized carbons (Fsp3) is 0.227. The van der Waals surface area contributed by atoms with Gasteiger partial charge in [-0.3, -0.25) is 4.79 Å². The van der Waals surface area contributed by atoms with Gasteiger partial charge in [-0.1, -0.05) is 61.0 Å². The van der Waals surface area contributed by atoms with Crippen molar-refractivity contribution in [1.82, 2.24) is 5.32 Å². The number of carbonyl (C=O) groups excluding carboxylic acids is 1. The van der Waals surface area contributed by atoms with Crippen LogP contribution >= 0.6 is 0 Å². The normalized spacial score (nSPS) is 12.0. The van der Waals surface area contributed by atoms with Gasteiger partial charge in [0.2, 0.25) is 0 Å². The molecule has 3 nitrogen and oxygen atoms in total. The van der Waals surface area contributed by atoms with E-state index in [4.69, 9.17) is 4.74 Å². The molecular weight excluding hydrogens is 310 g/mol. The minimum Gasteiger partial charge on any atom is -0.496 e. The Morgan fingerprint density at radius 2 is 1.68 bits per heavy atom. The second kappa shape index (κ2) is 7.39. The van der Waals surface area contributed by atoms with Crippen molar-refractivity contribution in [2.24, 2.45) is 0 Å². The lowest BCUT2D eigenvalue weighted by atomic mass is 10.0. The van der Waals surface area contributed by atoms with Crippen LogP contribution in [-0.2, 0) is 0 Å². The number of hydrogen-bond donors (Lipinski definition) is 1. The highest BCUT2D eigenvalue weighted by Crippen LogP contribution is 2.27. The van der Waals surface area contributed by atoms with Crippen molar-refractivity contribution in [3.05, 3.63) is 77.4 Å². The van der Waals surface area contributed by atoms with E-state index >= 15 is 0 Å². The summed E-state index contributed by atoms with van der Waals surface area (Å²) in [6.45, 7) is 4.13. The van der Waals surface area contributed by atoms with E-state index < -0.39 is 0 Å². The van der Waals surface area contributed by atoms with Crippen molar-refractivity contribution < 1.29 is 9.53 Å². The predicted octanol–water partition coefficient (Wildman–Crippen LogP) is 5.04. The number of rotatable bonds is 5. The lowest BCUT2D eigenvalue weighted by Gasteiger charge is -2.19. The van der Waals surface area contributed by atoms with Gasteiger partial charge in [-0.15, -0.1) is 0 Å². The van der Waals surface area contributed by atoms with Crippen molar-refractivity contribution in [2.75, 3.05) is 7.11 Å². The molecule has 0 saturated carbocycles. The van der Waals surface area contributed by atoms with Crippen LogP contribution in [0.25, 0.3) is 10.8 Å². The second-order valence-corrected chi connectivity index (χ2v) is 6.24. The number of carbonyl (C=O) groups is 1. The molecule has 0 spiro atoms. The third kappa shape index (κ3) is 3.66. The van der Waals surface area contributed by atoms with Crippen LogP contribution in [0.4, 0.5) is 0 Å². The third-order valence-electron chi connectivity index (χ3n) is 4.51. The fourth-order valence-corrected chi connectivity index (χ4v) is 3.02. The highest BCUT2D eigenvalue weighted by Gasteiger charge is 2.18. The van der Waals surface area contributed by atoms with Gasteiger partial charge in [0.1, 0.15) is 5.75 Å². The summed E-state index contributed by atoms with van der Waals surface area (Å²) in [6.07, 6.45) is 0.824. The Hall–Kier alpha value is -2.81. The van der Waals surface area contributed by atoms with Crippen molar-refractivity contribution in [2.45, 2.75) is 26.3 Å². The van der Waals surface area contributed by atoms with Gasteiger partial charge in [0, 0.05) is 0 Å². The number of aryl methyl sites for hydroxylation is 1. The minimum absolute atomic E-state index is 0.0238. The number of ether oxygens (including phenoxy) is 1.